The second-order valence-electron chi connectivity index (χ2n) is 5.49. The number of ether oxygens (including phenoxy) is 1. The van der Waals surface area contributed by atoms with Gasteiger partial charge in [-0.1, -0.05) is 42.5 Å². The molecule has 2 aromatic rings. The van der Waals surface area contributed by atoms with Gasteiger partial charge in [0.05, 0.1) is 12.5 Å². The number of imide groups is 1. The van der Waals surface area contributed by atoms with E-state index in [1.165, 1.54) is 17.0 Å². The van der Waals surface area contributed by atoms with Gasteiger partial charge in [-0.3, -0.25) is 4.79 Å². The first-order valence-corrected chi connectivity index (χ1v) is 7.40. The monoisotopic (exact) mass is 313 g/mol. The van der Waals surface area contributed by atoms with E-state index in [1.807, 2.05) is 30.3 Å². The predicted molar refractivity (Wildman–Crippen MR) is 82.2 cm³/mol. The van der Waals surface area contributed by atoms with Crippen LogP contribution in [0.5, 0.6) is 0 Å². The molecule has 0 aromatic heterocycles. The van der Waals surface area contributed by atoms with E-state index in [-0.39, 0.29) is 30.8 Å². The molecule has 0 N–H and O–H groups in total. The van der Waals surface area contributed by atoms with Crippen molar-refractivity contribution >= 4 is 12.0 Å². The molecule has 2 aromatic carbocycles. The van der Waals surface area contributed by atoms with Crippen LogP contribution in [0.3, 0.4) is 0 Å². The summed E-state index contributed by atoms with van der Waals surface area (Å²) in [4.78, 5) is 25.5. The van der Waals surface area contributed by atoms with E-state index >= 15 is 0 Å². The van der Waals surface area contributed by atoms with Crippen LogP contribution in [0.1, 0.15) is 11.1 Å². The number of carbonyl (C=O) groups is 2. The van der Waals surface area contributed by atoms with Gasteiger partial charge in [0.2, 0.25) is 5.91 Å². The van der Waals surface area contributed by atoms with Gasteiger partial charge in [-0.15, -0.1) is 0 Å². The van der Waals surface area contributed by atoms with Crippen LogP contribution in [0.4, 0.5) is 9.18 Å². The molecule has 0 bridgehead atoms. The van der Waals surface area contributed by atoms with E-state index in [9.17, 15) is 14.0 Å². The summed E-state index contributed by atoms with van der Waals surface area (Å²) in [5, 5.41) is 0. The fourth-order valence-corrected chi connectivity index (χ4v) is 2.66. The number of hydrogen-bond acceptors (Lipinski definition) is 3. The normalized spacial score (nSPS) is 17.2. The molecule has 2 amide bonds. The molecule has 1 unspecified atom stereocenters. The Morgan fingerprint density at radius 2 is 1.78 bits per heavy atom. The molecule has 118 valence electrons. The summed E-state index contributed by atoms with van der Waals surface area (Å²) < 4.78 is 18.0. The van der Waals surface area contributed by atoms with Crippen LogP contribution in [0, 0.1) is 5.82 Å². The van der Waals surface area contributed by atoms with Crippen LogP contribution < -0.4 is 0 Å². The molecule has 0 aliphatic carbocycles. The van der Waals surface area contributed by atoms with Gasteiger partial charge >= 0.3 is 6.09 Å². The quantitative estimate of drug-likeness (QED) is 0.872. The highest BCUT2D eigenvalue weighted by molar-refractivity contribution is 5.94. The third-order valence-corrected chi connectivity index (χ3v) is 3.81. The van der Waals surface area contributed by atoms with Crippen molar-refractivity contribution in [2.24, 2.45) is 0 Å². The lowest BCUT2D eigenvalue weighted by Crippen LogP contribution is -2.41. The zero-order valence-corrected chi connectivity index (χ0v) is 12.4. The summed E-state index contributed by atoms with van der Waals surface area (Å²) in [7, 11) is 0. The minimum Gasteiger partial charge on any atom is -0.447 e. The number of cyclic esters (lactones) is 1. The molecule has 3 rings (SSSR count). The Bertz CT molecular complexity index is 700. The smallest absolute Gasteiger partial charge is 0.416 e. The van der Waals surface area contributed by atoms with Gasteiger partial charge in [-0.25, -0.2) is 14.1 Å². The molecule has 1 aliphatic heterocycles. The lowest BCUT2D eigenvalue weighted by Gasteiger charge is -2.19. The first-order valence-electron chi connectivity index (χ1n) is 7.40. The number of hydrogen-bond donors (Lipinski definition) is 0. The number of carbonyl (C=O) groups excluding carboxylic acids is 2. The largest absolute Gasteiger partial charge is 0.447 e. The predicted octanol–water partition coefficient (Wildman–Crippen LogP) is 2.96. The second kappa shape index (κ2) is 6.60. The third kappa shape index (κ3) is 3.56. The van der Waals surface area contributed by atoms with Crippen molar-refractivity contribution in [3.8, 4) is 0 Å². The van der Waals surface area contributed by atoms with E-state index in [2.05, 4.69) is 0 Å². The van der Waals surface area contributed by atoms with Gasteiger partial charge in [-0.2, -0.15) is 0 Å². The van der Waals surface area contributed by atoms with E-state index in [4.69, 9.17) is 4.74 Å². The van der Waals surface area contributed by atoms with Crippen molar-refractivity contribution in [3.05, 3.63) is 71.5 Å². The average Bonchev–Trinajstić information content (AvgIpc) is 2.91. The number of benzene rings is 2. The molecule has 0 spiro atoms. The maximum Gasteiger partial charge on any atom is 0.416 e. The van der Waals surface area contributed by atoms with E-state index < -0.39 is 6.09 Å². The number of rotatable bonds is 4. The van der Waals surface area contributed by atoms with Crippen molar-refractivity contribution in [2.45, 2.75) is 18.9 Å². The minimum absolute atomic E-state index is 0.0423. The van der Waals surface area contributed by atoms with E-state index in [0.717, 1.165) is 5.56 Å². The zero-order chi connectivity index (χ0) is 16.2. The Morgan fingerprint density at radius 3 is 2.48 bits per heavy atom. The van der Waals surface area contributed by atoms with Crippen molar-refractivity contribution in [2.75, 3.05) is 6.61 Å². The third-order valence-electron chi connectivity index (χ3n) is 3.81. The van der Waals surface area contributed by atoms with Crippen molar-refractivity contribution in [1.82, 2.24) is 4.90 Å². The van der Waals surface area contributed by atoms with E-state index in [0.29, 0.717) is 12.0 Å². The van der Waals surface area contributed by atoms with Crippen LogP contribution in [-0.2, 0) is 22.4 Å². The molecular weight excluding hydrogens is 297 g/mol. The lowest BCUT2D eigenvalue weighted by atomic mass is 10.0. The van der Waals surface area contributed by atoms with Gasteiger partial charge in [-0.05, 0) is 29.7 Å². The van der Waals surface area contributed by atoms with Crippen LogP contribution >= 0.6 is 0 Å². The summed E-state index contributed by atoms with van der Waals surface area (Å²) in [6.45, 7) is 0.197. The van der Waals surface area contributed by atoms with Crippen LogP contribution in [0.15, 0.2) is 54.6 Å². The number of nitrogens with zero attached hydrogens (tertiary/aromatic N) is 1. The van der Waals surface area contributed by atoms with Crippen LogP contribution in [-0.4, -0.2) is 29.5 Å². The standard InChI is InChI=1S/C18H16FNO3/c19-15-8-6-14(7-9-15)11-17(21)20-16(12-23-18(20)22)10-13-4-2-1-3-5-13/h1-9,16H,10-12H2. The van der Waals surface area contributed by atoms with Gasteiger partial charge in [0, 0.05) is 0 Å². The van der Waals surface area contributed by atoms with Gasteiger partial charge < -0.3 is 4.74 Å². The summed E-state index contributed by atoms with van der Waals surface area (Å²) >= 11 is 0. The van der Waals surface area contributed by atoms with Crippen molar-refractivity contribution < 1.29 is 18.7 Å². The Hall–Kier alpha value is -2.69. The highest BCUT2D eigenvalue weighted by Gasteiger charge is 2.37. The maximum atomic E-state index is 12.9. The number of amides is 2. The average molecular weight is 313 g/mol. The molecule has 0 radical (unpaired) electrons. The molecule has 4 nitrogen and oxygen atoms in total. The summed E-state index contributed by atoms with van der Waals surface area (Å²) in [6.07, 6.45) is -0.0133. The maximum absolute atomic E-state index is 12.9. The molecule has 1 atom stereocenters. The fourth-order valence-electron chi connectivity index (χ4n) is 2.66. The van der Waals surface area contributed by atoms with Crippen molar-refractivity contribution in [1.29, 1.82) is 0 Å². The molecule has 1 saturated heterocycles. The molecular formula is C18H16FNO3. The topological polar surface area (TPSA) is 46.6 Å². The fraction of sp³-hybridized carbons (Fsp3) is 0.222. The lowest BCUT2D eigenvalue weighted by molar-refractivity contribution is -0.128. The molecule has 1 heterocycles. The van der Waals surface area contributed by atoms with E-state index in [1.54, 1.807) is 12.1 Å². The Kier molecular flexibility index (Phi) is 4.37. The second-order valence-corrected chi connectivity index (χ2v) is 5.49. The van der Waals surface area contributed by atoms with Crippen molar-refractivity contribution in [3.63, 3.8) is 0 Å². The molecule has 1 fully saturated rings. The number of halogens is 1. The minimum atomic E-state index is -0.613. The Morgan fingerprint density at radius 1 is 1.09 bits per heavy atom. The first kappa shape index (κ1) is 15.2. The van der Waals surface area contributed by atoms with Gasteiger partial charge in [0.25, 0.3) is 0 Å². The Balaban J connectivity index is 1.71. The Labute approximate surface area is 133 Å². The van der Waals surface area contributed by atoms with Crippen LogP contribution in [0.25, 0.3) is 0 Å². The highest BCUT2D eigenvalue weighted by Crippen LogP contribution is 2.19. The van der Waals surface area contributed by atoms with Gasteiger partial charge in [0.1, 0.15) is 12.4 Å². The summed E-state index contributed by atoms with van der Waals surface area (Å²) in [5.41, 5.74) is 1.70. The molecule has 5 heteroatoms. The van der Waals surface area contributed by atoms with Gasteiger partial charge in [0.15, 0.2) is 0 Å². The molecule has 0 saturated carbocycles. The van der Waals surface area contributed by atoms with Crippen LogP contribution in [0.2, 0.25) is 0 Å². The molecule has 23 heavy (non-hydrogen) atoms. The molecule has 1 aliphatic rings. The summed E-state index contributed by atoms with van der Waals surface area (Å²) in [6, 6.07) is 15.0. The SMILES string of the molecule is O=C(Cc1ccc(F)cc1)N1C(=O)OCC1Cc1ccccc1. The first-order chi connectivity index (χ1) is 11.1. The highest BCUT2D eigenvalue weighted by atomic mass is 19.1. The summed E-state index contributed by atoms with van der Waals surface area (Å²) in [5.74, 6) is -0.691. The zero-order valence-electron chi connectivity index (χ0n) is 12.4.